The van der Waals surface area contributed by atoms with Crippen molar-refractivity contribution in [1.82, 2.24) is 24.6 Å². The number of imidazole rings is 1. The molecule has 0 saturated carbocycles. The number of hydrogen-bond acceptors (Lipinski definition) is 6. The van der Waals surface area contributed by atoms with Gasteiger partial charge < -0.3 is 9.80 Å². The van der Waals surface area contributed by atoms with Crippen LogP contribution in [-0.4, -0.2) is 58.3 Å². The van der Waals surface area contributed by atoms with E-state index in [1.54, 1.807) is 6.20 Å². The largest absolute Gasteiger partial charge is 0.355 e. The van der Waals surface area contributed by atoms with E-state index in [2.05, 4.69) is 49.9 Å². The number of aryl methyl sites for hydroxylation is 1. The number of ketones is 1. The Kier molecular flexibility index (Phi) is 8.51. The second-order valence-corrected chi connectivity index (χ2v) is 8.49. The molecular weight excluding hydrogens is 432 g/mol. The first-order valence-electron chi connectivity index (χ1n) is 11.7. The molecule has 3 aromatic rings. The molecule has 2 unspecified atom stereocenters. The van der Waals surface area contributed by atoms with Crippen LogP contribution in [0.25, 0.3) is 5.65 Å². The first kappa shape index (κ1) is 25.2. The standard InChI is InChI=1S/C23H28N6O.C2H6.H2S/c1-16-5-4-8-24-23(16)19-14-17(30)13-18(25-19)20-15-29-21(26-20)6-3-7-22(29)28-11-9-27(2)10-12-28;1-2;/h3-8,15,18-19,25H,9-14H2,1-2H3;1-2H3;1H2. The van der Waals surface area contributed by atoms with E-state index < -0.39 is 0 Å². The van der Waals surface area contributed by atoms with E-state index in [0.717, 1.165) is 48.8 Å². The zero-order chi connectivity index (χ0) is 22.7. The molecule has 0 amide bonds. The van der Waals surface area contributed by atoms with Gasteiger partial charge in [0.25, 0.3) is 0 Å². The SMILES string of the molecule is CC.Cc1cccnc1C1CC(=O)CC(c2cn3c(N4CCN(C)CC4)cccc3n2)N1.S. The molecule has 0 aromatic carbocycles. The first-order chi connectivity index (χ1) is 15.6. The maximum absolute atomic E-state index is 12.6. The van der Waals surface area contributed by atoms with Gasteiger partial charge in [0, 0.05) is 51.4 Å². The van der Waals surface area contributed by atoms with Crippen molar-refractivity contribution in [1.29, 1.82) is 0 Å². The third-order valence-corrected chi connectivity index (χ3v) is 6.32. The third-order valence-electron chi connectivity index (χ3n) is 6.32. The van der Waals surface area contributed by atoms with E-state index in [-0.39, 0.29) is 31.4 Å². The summed E-state index contributed by atoms with van der Waals surface area (Å²) in [5, 5.41) is 3.64. The molecule has 178 valence electrons. The maximum Gasteiger partial charge on any atom is 0.138 e. The number of rotatable bonds is 3. The minimum atomic E-state index is -0.0992. The quantitative estimate of drug-likeness (QED) is 0.633. The molecule has 7 nitrogen and oxygen atoms in total. The van der Waals surface area contributed by atoms with Crippen LogP contribution < -0.4 is 10.2 Å². The molecule has 2 atom stereocenters. The summed E-state index contributed by atoms with van der Waals surface area (Å²) >= 11 is 0. The summed E-state index contributed by atoms with van der Waals surface area (Å²) in [7, 11) is 2.17. The number of pyridine rings is 2. The average molecular weight is 469 g/mol. The topological polar surface area (TPSA) is 65.8 Å². The second kappa shape index (κ2) is 11.1. The third kappa shape index (κ3) is 5.39. The average Bonchev–Trinajstić information content (AvgIpc) is 3.26. The Morgan fingerprint density at radius 3 is 2.45 bits per heavy atom. The van der Waals surface area contributed by atoms with Gasteiger partial charge in [0.05, 0.1) is 23.5 Å². The highest BCUT2D eigenvalue weighted by Gasteiger charge is 2.31. The molecule has 0 bridgehead atoms. The minimum Gasteiger partial charge on any atom is -0.355 e. The number of carbonyl (C=O) groups excluding carboxylic acids is 1. The molecule has 0 radical (unpaired) electrons. The smallest absolute Gasteiger partial charge is 0.138 e. The van der Waals surface area contributed by atoms with Crippen molar-refractivity contribution >= 4 is 30.7 Å². The van der Waals surface area contributed by atoms with E-state index in [4.69, 9.17) is 4.98 Å². The Labute approximate surface area is 203 Å². The van der Waals surface area contributed by atoms with Crippen LogP contribution in [-0.2, 0) is 4.79 Å². The van der Waals surface area contributed by atoms with E-state index in [9.17, 15) is 4.79 Å². The van der Waals surface area contributed by atoms with Crippen LogP contribution in [0.3, 0.4) is 0 Å². The number of anilines is 1. The minimum absolute atomic E-state index is 0. The normalized spacial score (nSPS) is 21.3. The Morgan fingerprint density at radius 1 is 1.00 bits per heavy atom. The fourth-order valence-corrected chi connectivity index (χ4v) is 4.60. The van der Waals surface area contributed by atoms with E-state index >= 15 is 0 Å². The lowest BCUT2D eigenvalue weighted by molar-refractivity contribution is -0.121. The van der Waals surface area contributed by atoms with Crippen molar-refractivity contribution in [2.24, 2.45) is 0 Å². The summed E-state index contributed by atoms with van der Waals surface area (Å²) < 4.78 is 2.17. The Hall–Kier alpha value is -2.42. The molecule has 33 heavy (non-hydrogen) atoms. The Morgan fingerprint density at radius 2 is 1.73 bits per heavy atom. The van der Waals surface area contributed by atoms with Crippen LogP contribution in [0.15, 0.2) is 42.7 Å². The molecule has 2 aliphatic heterocycles. The summed E-state index contributed by atoms with van der Waals surface area (Å²) in [6.07, 6.45) is 4.84. The van der Waals surface area contributed by atoms with E-state index in [1.807, 2.05) is 39.0 Å². The van der Waals surface area contributed by atoms with Crippen LogP contribution in [0, 0.1) is 6.92 Å². The highest BCUT2D eigenvalue weighted by Crippen LogP contribution is 2.32. The van der Waals surface area contributed by atoms with Crippen LogP contribution >= 0.6 is 13.5 Å². The Balaban J connectivity index is 0.000000994. The highest BCUT2D eigenvalue weighted by molar-refractivity contribution is 7.59. The number of piperazine rings is 1. The van der Waals surface area contributed by atoms with Crippen molar-refractivity contribution in [3.05, 3.63) is 59.7 Å². The first-order valence-corrected chi connectivity index (χ1v) is 11.7. The molecule has 3 aromatic heterocycles. The fourth-order valence-electron chi connectivity index (χ4n) is 4.60. The number of nitrogens with one attached hydrogen (secondary N) is 1. The van der Waals surface area contributed by atoms with E-state index in [1.165, 1.54) is 5.82 Å². The van der Waals surface area contributed by atoms with Crippen molar-refractivity contribution in [2.75, 3.05) is 38.1 Å². The van der Waals surface area contributed by atoms with Gasteiger partial charge in [-0.25, -0.2) is 4.98 Å². The lowest BCUT2D eigenvalue weighted by Gasteiger charge is -2.34. The zero-order valence-corrected chi connectivity index (χ0v) is 21.1. The van der Waals surface area contributed by atoms with Crippen LogP contribution in [0.5, 0.6) is 0 Å². The number of nitrogens with zero attached hydrogens (tertiary/aromatic N) is 5. The molecule has 2 fully saturated rings. The number of aromatic nitrogens is 3. The van der Waals surface area contributed by atoms with Gasteiger partial charge in [0.2, 0.25) is 0 Å². The predicted molar refractivity (Wildman–Crippen MR) is 138 cm³/mol. The van der Waals surface area contributed by atoms with Crippen molar-refractivity contribution in [3.63, 3.8) is 0 Å². The lowest BCUT2D eigenvalue weighted by atomic mass is 9.92. The molecule has 0 spiro atoms. The fraction of sp³-hybridized carbons (Fsp3) is 0.480. The summed E-state index contributed by atoms with van der Waals surface area (Å²) in [5.41, 5.74) is 3.91. The number of hydrogen-bond donors (Lipinski definition) is 1. The molecular formula is C25H36N6OS. The van der Waals surface area contributed by atoms with Gasteiger partial charge in [-0.15, -0.1) is 0 Å². The number of carbonyl (C=O) groups is 1. The van der Waals surface area contributed by atoms with Gasteiger partial charge in [-0.3, -0.25) is 19.5 Å². The van der Waals surface area contributed by atoms with Gasteiger partial charge >= 0.3 is 0 Å². The number of fused-ring (bicyclic) bond motifs is 1. The summed E-state index contributed by atoms with van der Waals surface area (Å²) in [5.74, 6) is 1.42. The highest BCUT2D eigenvalue weighted by atomic mass is 32.1. The Bertz CT molecular complexity index is 1080. The van der Waals surface area contributed by atoms with Crippen molar-refractivity contribution < 1.29 is 4.79 Å². The van der Waals surface area contributed by atoms with Gasteiger partial charge in [0.15, 0.2) is 0 Å². The van der Waals surface area contributed by atoms with Gasteiger partial charge in [-0.05, 0) is 37.7 Å². The number of Topliss-reactive ketones (excluding diaryl/α,β-unsaturated/α-hetero) is 1. The number of piperidine rings is 1. The summed E-state index contributed by atoms with van der Waals surface area (Å²) in [6, 6.07) is 10.1. The van der Waals surface area contributed by atoms with Crippen LogP contribution in [0.4, 0.5) is 5.82 Å². The molecule has 2 saturated heterocycles. The van der Waals surface area contributed by atoms with Crippen LogP contribution in [0.1, 0.15) is 55.7 Å². The van der Waals surface area contributed by atoms with Crippen LogP contribution in [0.2, 0.25) is 0 Å². The molecule has 1 N–H and O–H groups in total. The van der Waals surface area contributed by atoms with Gasteiger partial charge in [-0.2, -0.15) is 13.5 Å². The van der Waals surface area contributed by atoms with Crippen molar-refractivity contribution in [3.8, 4) is 0 Å². The second-order valence-electron chi connectivity index (χ2n) is 8.49. The number of likely N-dealkylation sites (N-methyl/N-ethyl adjacent to an activating group) is 1. The molecule has 2 aliphatic rings. The summed E-state index contributed by atoms with van der Waals surface area (Å²) in [6.45, 7) is 10.2. The monoisotopic (exact) mass is 468 g/mol. The molecule has 0 aliphatic carbocycles. The molecule has 8 heteroatoms. The van der Waals surface area contributed by atoms with Gasteiger partial charge in [-0.1, -0.05) is 26.0 Å². The lowest BCUT2D eigenvalue weighted by Crippen LogP contribution is -2.45. The molecule has 5 heterocycles. The molecule has 5 rings (SSSR count). The predicted octanol–water partition coefficient (Wildman–Crippen LogP) is 3.66. The summed E-state index contributed by atoms with van der Waals surface area (Å²) in [4.78, 5) is 26.8. The maximum atomic E-state index is 12.6. The van der Waals surface area contributed by atoms with Crippen molar-refractivity contribution in [2.45, 2.75) is 45.7 Å². The van der Waals surface area contributed by atoms with E-state index in [0.29, 0.717) is 12.8 Å². The van der Waals surface area contributed by atoms with Gasteiger partial charge in [0.1, 0.15) is 17.2 Å². The zero-order valence-electron chi connectivity index (χ0n) is 20.1.